The number of hydrogen-bond donors (Lipinski definition) is 1. The molecule has 0 aliphatic rings. The van der Waals surface area contributed by atoms with Crippen LogP contribution in [0.25, 0.3) is 11.0 Å². The zero-order valence-electron chi connectivity index (χ0n) is 11.5. The van der Waals surface area contributed by atoms with Crippen LogP contribution < -0.4 is 5.32 Å². The summed E-state index contributed by atoms with van der Waals surface area (Å²) >= 11 is 3.37. The van der Waals surface area contributed by atoms with Gasteiger partial charge in [-0.2, -0.15) is 5.26 Å². The van der Waals surface area contributed by atoms with E-state index in [1.165, 1.54) is 12.1 Å². The number of halogens is 1. The van der Waals surface area contributed by atoms with Crippen molar-refractivity contribution in [1.82, 2.24) is 9.97 Å². The van der Waals surface area contributed by atoms with Crippen LogP contribution >= 0.6 is 15.9 Å². The minimum Gasteiger partial charge on any atom is -0.339 e. The van der Waals surface area contributed by atoms with Gasteiger partial charge in [0.1, 0.15) is 12.3 Å². The third-order valence-corrected chi connectivity index (χ3v) is 3.57. The van der Waals surface area contributed by atoms with Crippen LogP contribution in [0.15, 0.2) is 47.1 Å². The Kier molecular flexibility index (Phi) is 3.87. The fraction of sp³-hybridized carbons (Fsp3) is 0. The molecule has 0 amide bonds. The molecule has 0 unspecified atom stereocenters. The molecule has 3 aromatic rings. The van der Waals surface area contributed by atoms with Gasteiger partial charge in [-0.3, -0.25) is 10.1 Å². The van der Waals surface area contributed by atoms with Gasteiger partial charge in [-0.1, -0.05) is 22.0 Å². The Hall–Kier alpha value is -3.05. The molecule has 23 heavy (non-hydrogen) atoms. The largest absolute Gasteiger partial charge is 0.339 e. The summed E-state index contributed by atoms with van der Waals surface area (Å²) in [5.41, 5.74) is 1.22. The standard InChI is InChI=1S/C15H8BrN5O2/c16-11-2-1-3-12(6-11)19-15-10(7-17)4-9-5-13(21(22)23)8-18-14(9)20-15/h1-6,8H,(H,18,19,20). The Labute approximate surface area is 138 Å². The van der Waals surface area contributed by atoms with E-state index in [1.54, 1.807) is 0 Å². The van der Waals surface area contributed by atoms with Crippen molar-refractivity contribution in [2.75, 3.05) is 5.32 Å². The number of fused-ring (bicyclic) bond motifs is 1. The molecule has 112 valence electrons. The van der Waals surface area contributed by atoms with Crippen molar-refractivity contribution in [2.24, 2.45) is 0 Å². The zero-order valence-corrected chi connectivity index (χ0v) is 13.1. The first-order valence-corrected chi connectivity index (χ1v) is 7.24. The molecule has 0 bridgehead atoms. The number of anilines is 2. The highest BCUT2D eigenvalue weighted by atomic mass is 79.9. The number of aromatic nitrogens is 2. The number of pyridine rings is 2. The molecule has 1 aromatic carbocycles. The monoisotopic (exact) mass is 369 g/mol. The summed E-state index contributed by atoms with van der Waals surface area (Å²) < 4.78 is 0.885. The average Bonchev–Trinajstić information content (AvgIpc) is 2.53. The summed E-state index contributed by atoms with van der Waals surface area (Å²) in [6, 6.07) is 12.3. The molecule has 0 radical (unpaired) electrons. The minimum atomic E-state index is -0.536. The van der Waals surface area contributed by atoms with Crippen LogP contribution in [0.2, 0.25) is 0 Å². The molecule has 0 aliphatic carbocycles. The number of nitriles is 1. The van der Waals surface area contributed by atoms with Gasteiger partial charge in [0.2, 0.25) is 0 Å². The molecule has 3 rings (SSSR count). The van der Waals surface area contributed by atoms with Gasteiger partial charge in [-0.15, -0.1) is 0 Å². The van der Waals surface area contributed by atoms with Crippen LogP contribution in [0.4, 0.5) is 17.2 Å². The van der Waals surface area contributed by atoms with Gasteiger partial charge in [0.25, 0.3) is 5.69 Å². The van der Waals surface area contributed by atoms with Crippen molar-refractivity contribution < 1.29 is 4.92 Å². The Balaban J connectivity index is 2.08. The van der Waals surface area contributed by atoms with E-state index >= 15 is 0 Å². The number of hydrogen-bond acceptors (Lipinski definition) is 6. The first-order chi connectivity index (χ1) is 11.1. The molecule has 0 fully saturated rings. The molecule has 1 N–H and O–H groups in total. The van der Waals surface area contributed by atoms with Crippen LogP contribution in [0.5, 0.6) is 0 Å². The zero-order chi connectivity index (χ0) is 16.4. The van der Waals surface area contributed by atoms with E-state index in [9.17, 15) is 15.4 Å². The second kappa shape index (κ2) is 5.98. The van der Waals surface area contributed by atoms with Crippen molar-refractivity contribution in [1.29, 1.82) is 5.26 Å². The molecule has 0 saturated heterocycles. The van der Waals surface area contributed by atoms with E-state index in [2.05, 4.69) is 31.2 Å². The molecule has 7 nitrogen and oxygen atoms in total. The lowest BCUT2D eigenvalue weighted by molar-refractivity contribution is -0.385. The second-order valence-electron chi connectivity index (χ2n) is 4.63. The van der Waals surface area contributed by atoms with Crippen LogP contribution in [0, 0.1) is 21.4 Å². The fourth-order valence-electron chi connectivity index (χ4n) is 2.04. The van der Waals surface area contributed by atoms with Crippen molar-refractivity contribution in [3.05, 3.63) is 62.7 Å². The van der Waals surface area contributed by atoms with Gasteiger partial charge >= 0.3 is 0 Å². The quantitative estimate of drug-likeness (QED) is 0.554. The third kappa shape index (κ3) is 3.09. The molecule has 0 spiro atoms. The summed E-state index contributed by atoms with van der Waals surface area (Å²) in [4.78, 5) is 18.5. The summed E-state index contributed by atoms with van der Waals surface area (Å²) in [7, 11) is 0. The van der Waals surface area contributed by atoms with E-state index < -0.39 is 4.92 Å². The van der Waals surface area contributed by atoms with Gasteiger partial charge in [0.05, 0.1) is 10.5 Å². The Morgan fingerprint density at radius 2 is 2.13 bits per heavy atom. The summed E-state index contributed by atoms with van der Waals surface area (Å²) in [6.07, 6.45) is 1.14. The third-order valence-electron chi connectivity index (χ3n) is 3.07. The van der Waals surface area contributed by atoms with E-state index in [0.717, 1.165) is 16.4 Å². The molecule has 0 atom stereocenters. The maximum absolute atomic E-state index is 10.8. The van der Waals surface area contributed by atoms with Crippen LogP contribution in [-0.2, 0) is 0 Å². The van der Waals surface area contributed by atoms with Gasteiger partial charge in [0.15, 0.2) is 11.5 Å². The lowest BCUT2D eigenvalue weighted by Gasteiger charge is -2.08. The van der Waals surface area contributed by atoms with E-state index in [-0.39, 0.29) is 11.3 Å². The molecule has 0 aliphatic heterocycles. The SMILES string of the molecule is N#Cc1cc2cc([N+](=O)[O-])cnc2nc1Nc1cccc(Br)c1. The first kappa shape index (κ1) is 14.9. The smallest absolute Gasteiger partial charge is 0.288 e. The predicted octanol–water partition coefficient (Wildman–Crippen LogP) is 3.92. The highest BCUT2D eigenvalue weighted by Crippen LogP contribution is 2.25. The van der Waals surface area contributed by atoms with Crippen LogP contribution in [0.1, 0.15) is 5.56 Å². The fourth-order valence-corrected chi connectivity index (χ4v) is 2.44. The van der Waals surface area contributed by atoms with E-state index in [4.69, 9.17) is 0 Å². The molecule has 2 heterocycles. The molecular weight excluding hydrogens is 362 g/mol. The van der Waals surface area contributed by atoms with E-state index in [1.807, 2.05) is 30.3 Å². The van der Waals surface area contributed by atoms with Gasteiger partial charge in [-0.25, -0.2) is 9.97 Å². The maximum Gasteiger partial charge on any atom is 0.288 e. The lowest BCUT2D eigenvalue weighted by atomic mass is 10.2. The molecule has 0 saturated carbocycles. The second-order valence-corrected chi connectivity index (χ2v) is 5.54. The predicted molar refractivity (Wildman–Crippen MR) is 88.3 cm³/mol. The van der Waals surface area contributed by atoms with Crippen LogP contribution in [0.3, 0.4) is 0 Å². The molecule has 8 heteroatoms. The van der Waals surface area contributed by atoms with Gasteiger partial charge < -0.3 is 5.32 Å². The van der Waals surface area contributed by atoms with Crippen molar-refractivity contribution in [3.8, 4) is 6.07 Å². The van der Waals surface area contributed by atoms with Crippen molar-refractivity contribution >= 4 is 44.2 Å². The number of rotatable bonds is 3. The lowest BCUT2D eigenvalue weighted by Crippen LogP contribution is -1.99. The van der Waals surface area contributed by atoms with E-state index in [0.29, 0.717) is 16.9 Å². The minimum absolute atomic E-state index is 0.143. The first-order valence-electron chi connectivity index (χ1n) is 6.45. The molecule has 2 aromatic heterocycles. The summed E-state index contributed by atoms with van der Waals surface area (Å²) in [6.45, 7) is 0. The number of nitrogens with one attached hydrogen (secondary N) is 1. The van der Waals surface area contributed by atoms with Crippen molar-refractivity contribution in [3.63, 3.8) is 0 Å². The number of nitro groups is 1. The molecular formula is C15H8BrN5O2. The maximum atomic E-state index is 10.8. The summed E-state index contributed by atoms with van der Waals surface area (Å²) in [5.74, 6) is 0.347. The number of nitrogens with zero attached hydrogens (tertiary/aromatic N) is 4. The summed E-state index contributed by atoms with van der Waals surface area (Å²) in [5, 5.41) is 23.6. The van der Waals surface area contributed by atoms with Crippen LogP contribution in [-0.4, -0.2) is 14.9 Å². The Morgan fingerprint density at radius 1 is 1.30 bits per heavy atom. The van der Waals surface area contributed by atoms with Crippen molar-refractivity contribution in [2.45, 2.75) is 0 Å². The van der Waals surface area contributed by atoms with Gasteiger partial charge in [0, 0.05) is 21.6 Å². The highest BCUT2D eigenvalue weighted by Gasteiger charge is 2.12. The Bertz CT molecular complexity index is 968. The number of benzene rings is 1. The normalized spacial score (nSPS) is 10.3. The van der Waals surface area contributed by atoms with Gasteiger partial charge in [-0.05, 0) is 24.3 Å². The average molecular weight is 370 g/mol. The Morgan fingerprint density at radius 3 is 2.83 bits per heavy atom. The highest BCUT2D eigenvalue weighted by molar-refractivity contribution is 9.10. The topological polar surface area (TPSA) is 105 Å².